The lowest BCUT2D eigenvalue weighted by atomic mass is 10.2. The van der Waals surface area contributed by atoms with Crippen molar-refractivity contribution in [3.8, 4) is 0 Å². The lowest BCUT2D eigenvalue weighted by Gasteiger charge is -2.03. The van der Waals surface area contributed by atoms with Crippen molar-refractivity contribution >= 4 is 29.3 Å². The molecule has 1 aromatic rings. The molecule has 0 aromatic heterocycles. The van der Waals surface area contributed by atoms with Crippen LogP contribution in [0.25, 0.3) is 0 Å². The third-order valence-corrected chi connectivity index (χ3v) is 3.07. The van der Waals surface area contributed by atoms with Gasteiger partial charge in [0.05, 0.1) is 0 Å². The van der Waals surface area contributed by atoms with Crippen molar-refractivity contribution in [3.63, 3.8) is 0 Å². The molecule has 0 unspecified atom stereocenters. The Morgan fingerprint density at radius 3 is 2.73 bits per heavy atom. The maximum absolute atomic E-state index is 10.8. The van der Waals surface area contributed by atoms with Crippen LogP contribution in [0.4, 0.5) is 0 Å². The van der Waals surface area contributed by atoms with Crippen molar-refractivity contribution < 1.29 is 4.79 Å². The molecule has 82 valence electrons. The molecule has 0 radical (unpaired) electrons. The maximum Gasteiger partial charge on any atom is 0.234 e. The molecular formula is C11H14ClNOS. The summed E-state index contributed by atoms with van der Waals surface area (Å²) in [5, 5.41) is 2.73. The molecule has 0 spiro atoms. The topological polar surface area (TPSA) is 29.1 Å². The number of benzene rings is 1. The van der Waals surface area contributed by atoms with E-state index in [0.717, 1.165) is 11.5 Å². The summed E-state index contributed by atoms with van der Waals surface area (Å²) >= 11 is 7.14. The minimum absolute atomic E-state index is 0.0450. The van der Waals surface area contributed by atoms with Crippen LogP contribution in [0.1, 0.15) is 5.56 Å². The van der Waals surface area contributed by atoms with Crippen LogP contribution in [0.15, 0.2) is 30.3 Å². The lowest BCUT2D eigenvalue weighted by molar-refractivity contribution is -0.118. The Morgan fingerprint density at radius 1 is 1.33 bits per heavy atom. The van der Waals surface area contributed by atoms with Gasteiger partial charge in [-0.3, -0.25) is 4.79 Å². The molecule has 0 fully saturated rings. The zero-order valence-electron chi connectivity index (χ0n) is 8.41. The summed E-state index contributed by atoms with van der Waals surface area (Å²) in [6, 6.07) is 10.3. The van der Waals surface area contributed by atoms with Gasteiger partial charge in [0, 0.05) is 18.1 Å². The number of amides is 1. The van der Waals surface area contributed by atoms with E-state index < -0.39 is 0 Å². The van der Waals surface area contributed by atoms with E-state index in [1.807, 2.05) is 18.2 Å². The SMILES string of the molecule is O=C(CCl)NCCSCc1ccccc1. The van der Waals surface area contributed by atoms with Crippen molar-refractivity contribution in [2.75, 3.05) is 18.2 Å². The second-order valence-electron chi connectivity index (χ2n) is 3.02. The van der Waals surface area contributed by atoms with Gasteiger partial charge in [-0.1, -0.05) is 30.3 Å². The molecule has 0 saturated heterocycles. The first-order chi connectivity index (χ1) is 7.33. The molecule has 0 aliphatic carbocycles. The minimum Gasteiger partial charge on any atom is -0.354 e. The molecule has 2 nitrogen and oxygen atoms in total. The van der Waals surface area contributed by atoms with Crippen LogP contribution in [0.2, 0.25) is 0 Å². The number of rotatable bonds is 6. The summed E-state index contributed by atoms with van der Waals surface area (Å²) < 4.78 is 0. The third kappa shape index (κ3) is 5.70. The quantitative estimate of drug-likeness (QED) is 0.614. The predicted octanol–water partition coefficient (Wildman–Crippen LogP) is 2.27. The first kappa shape index (κ1) is 12.4. The van der Waals surface area contributed by atoms with Gasteiger partial charge in [-0.25, -0.2) is 0 Å². The Morgan fingerprint density at radius 2 is 2.07 bits per heavy atom. The number of halogens is 1. The van der Waals surface area contributed by atoms with E-state index in [9.17, 15) is 4.79 Å². The number of hydrogen-bond donors (Lipinski definition) is 1. The van der Waals surface area contributed by atoms with Crippen molar-refractivity contribution in [1.29, 1.82) is 0 Å². The normalized spacial score (nSPS) is 9.93. The maximum atomic E-state index is 10.8. The minimum atomic E-state index is -0.100. The van der Waals surface area contributed by atoms with Crippen LogP contribution >= 0.6 is 23.4 Å². The standard InChI is InChI=1S/C11H14ClNOS/c12-8-11(14)13-6-7-15-9-10-4-2-1-3-5-10/h1-5H,6-9H2,(H,13,14). The fourth-order valence-electron chi connectivity index (χ4n) is 1.07. The van der Waals surface area contributed by atoms with Gasteiger partial charge in [0.1, 0.15) is 5.88 Å². The largest absolute Gasteiger partial charge is 0.354 e. The van der Waals surface area contributed by atoms with Gasteiger partial charge in [-0.05, 0) is 5.56 Å². The molecule has 4 heteroatoms. The van der Waals surface area contributed by atoms with Gasteiger partial charge in [0.2, 0.25) is 5.91 Å². The third-order valence-electron chi connectivity index (χ3n) is 1.80. The molecule has 1 rings (SSSR count). The van der Waals surface area contributed by atoms with Crippen LogP contribution in [-0.4, -0.2) is 24.1 Å². The van der Waals surface area contributed by atoms with Gasteiger partial charge < -0.3 is 5.32 Å². The number of carbonyl (C=O) groups excluding carboxylic acids is 1. The molecule has 0 aliphatic heterocycles. The van der Waals surface area contributed by atoms with E-state index >= 15 is 0 Å². The van der Waals surface area contributed by atoms with E-state index in [4.69, 9.17) is 11.6 Å². The summed E-state index contributed by atoms with van der Waals surface area (Å²) in [5.74, 6) is 1.84. The van der Waals surface area contributed by atoms with Gasteiger partial charge in [0.25, 0.3) is 0 Å². The number of thioether (sulfide) groups is 1. The summed E-state index contributed by atoms with van der Waals surface area (Å²) in [5.41, 5.74) is 1.31. The Kier molecular flexibility index (Phi) is 6.28. The molecule has 15 heavy (non-hydrogen) atoms. The Hall–Kier alpha value is -0.670. The zero-order chi connectivity index (χ0) is 10.9. The summed E-state index contributed by atoms with van der Waals surface area (Å²) in [6.45, 7) is 0.684. The monoisotopic (exact) mass is 243 g/mol. The van der Waals surface area contributed by atoms with Gasteiger partial charge in [-0.2, -0.15) is 11.8 Å². The highest BCUT2D eigenvalue weighted by atomic mass is 35.5. The van der Waals surface area contributed by atoms with Crippen LogP contribution in [0, 0.1) is 0 Å². The van der Waals surface area contributed by atoms with E-state index in [1.165, 1.54) is 5.56 Å². The Labute approximate surface area is 99.4 Å². The number of hydrogen-bond acceptors (Lipinski definition) is 2. The molecule has 0 heterocycles. The molecule has 0 bridgehead atoms. The first-order valence-corrected chi connectivity index (χ1v) is 6.46. The van der Waals surface area contributed by atoms with Gasteiger partial charge >= 0.3 is 0 Å². The molecule has 1 N–H and O–H groups in total. The fourth-order valence-corrected chi connectivity index (χ4v) is 1.99. The molecule has 0 aliphatic rings. The zero-order valence-corrected chi connectivity index (χ0v) is 9.98. The van der Waals surface area contributed by atoms with Gasteiger partial charge in [0.15, 0.2) is 0 Å². The summed E-state index contributed by atoms with van der Waals surface area (Å²) in [7, 11) is 0. The Bertz CT molecular complexity index is 292. The summed E-state index contributed by atoms with van der Waals surface area (Å²) in [4.78, 5) is 10.8. The van der Waals surface area contributed by atoms with E-state index in [1.54, 1.807) is 11.8 Å². The van der Waals surface area contributed by atoms with E-state index in [0.29, 0.717) is 6.54 Å². The van der Waals surface area contributed by atoms with Crippen LogP contribution < -0.4 is 5.32 Å². The molecule has 1 aromatic carbocycles. The van der Waals surface area contributed by atoms with Crippen LogP contribution in [0.3, 0.4) is 0 Å². The van der Waals surface area contributed by atoms with Crippen molar-refractivity contribution in [3.05, 3.63) is 35.9 Å². The van der Waals surface area contributed by atoms with E-state index in [-0.39, 0.29) is 11.8 Å². The van der Waals surface area contributed by atoms with Gasteiger partial charge in [-0.15, -0.1) is 11.6 Å². The summed E-state index contributed by atoms with van der Waals surface area (Å²) in [6.07, 6.45) is 0. The number of alkyl halides is 1. The van der Waals surface area contributed by atoms with E-state index in [2.05, 4.69) is 17.4 Å². The molecule has 0 saturated carbocycles. The lowest BCUT2D eigenvalue weighted by Crippen LogP contribution is -2.26. The van der Waals surface area contributed by atoms with Crippen molar-refractivity contribution in [2.24, 2.45) is 0 Å². The predicted molar refractivity (Wildman–Crippen MR) is 66.3 cm³/mol. The Balaban J connectivity index is 2.05. The second kappa shape index (κ2) is 7.60. The molecular weight excluding hydrogens is 230 g/mol. The smallest absolute Gasteiger partial charge is 0.234 e. The van der Waals surface area contributed by atoms with Crippen molar-refractivity contribution in [1.82, 2.24) is 5.32 Å². The average molecular weight is 244 g/mol. The highest BCUT2D eigenvalue weighted by molar-refractivity contribution is 7.98. The second-order valence-corrected chi connectivity index (χ2v) is 4.39. The van der Waals surface area contributed by atoms with Crippen molar-refractivity contribution in [2.45, 2.75) is 5.75 Å². The first-order valence-electron chi connectivity index (χ1n) is 4.77. The highest BCUT2D eigenvalue weighted by Crippen LogP contribution is 2.10. The van der Waals surface area contributed by atoms with Crippen LogP contribution in [-0.2, 0) is 10.5 Å². The number of nitrogens with one attached hydrogen (secondary N) is 1. The number of carbonyl (C=O) groups is 1. The molecule has 1 amide bonds. The highest BCUT2D eigenvalue weighted by Gasteiger charge is 1.96. The van der Waals surface area contributed by atoms with Crippen LogP contribution in [0.5, 0.6) is 0 Å². The average Bonchev–Trinajstić information content (AvgIpc) is 2.29. The molecule has 0 atom stereocenters. The fraction of sp³-hybridized carbons (Fsp3) is 0.364.